The van der Waals surface area contributed by atoms with Gasteiger partial charge < -0.3 is 4.74 Å². The molecule has 0 rings (SSSR count). The maximum Gasteiger partial charge on any atom is 0.382 e. The van der Waals surface area contributed by atoms with Gasteiger partial charge in [-0.2, -0.15) is 0 Å². The molecule has 0 saturated carbocycles. The summed E-state index contributed by atoms with van der Waals surface area (Å²) in [5, 5.41) is 0. The highest BCUT2D eigenvalue weighted by Crippen LogP contribution is 2.03. The van der Waals surface area contributed by atoms with E-state index in [1.807, 2.05) is 0 Å². The molecule has 0 aromatic heterocycles. The molecule has 0 heterocycles. The van der Waals surface area contributed by atoms with Crippen LogP contribution in [0.5, 0.6) is 0 Å². The molecular formula is C11H18O4. The van der Waals surface area contributed by atoms with E-state index in [2.05, 4.69) is 11.7 Å². The lowest BCUT2D eigenvalue weighted by Gasteiger charge is -2.00. The Balaban J connectivity index is 3.79. The number of ketones is 2. The monoisotopic (exact) mass is 214 g/mol. The molecule has 0 amide bonds. The predicted molar refractivity (Wildman–Crippen MR) is 55.4 cm³/mol. The second-order valence-corrected chi connectivity index (χ2v) is 3.28. The average molecular weight is 214 g/mol. The number of unbranched alkanes of at least 4 members (excludes halogenated alkanes) is 3. The Hall–Kier alpha value is -1.19. The number of carbonyl (C=O) groups excluding carboxylic acids is 3. The summed E-state index contributed by atoms with van der Waals surface area (Å²) < 4.78 is 4.44. The molecule has 15 heavy (non-hydrogen) atoms. The van der Waals surface area contributed by atoms with Crippen LogP contribution in [0.15, 0.2) is 0 Å². The van der Waals surface area contributed by atoms with Gasteiger partial charge in [0.2, 0.25) is 5.78 Å². The molecular weight excluding hydrogens is 196 g/mol. The Labute approximate surface area is 90.0 Å². The van der Waals surface area contributed by atoms with Crippen molar-refractivity contribution in [2.75, 3.05) is 6.61 Å². The molecule has 0 unspecified atom stereocenters. The molecule has 0 aromatic rings. The van der Waals surface area contributed by atoms with Crippen LogP contribution in [0.1, 0.15) is 46.0 Å². The van der Waals surface area contributed by atoms with Gasteiger partial charge in [0, 0.05) is 6.42 Å². The van der Waals surface area contributed by atoms with Crippen LogP contribution in [0, 0.1) is 0 Å². The number of esters is 1. The molecule has 0 bridgehead atoms. The minimum absolute atomic E-state index is 0.119. The van der Waals surface area contributed by atoms with Crippen molar-refractivity contribution in [3.63, 3.8) is 0 Å². The molecule has 0 aliphatic rings. The van der Waals surface area contributed by atoms with Crippen LogP contribution in [0.25, 0.3) is 0 Å². The first-order valence-electron chi connectivity index (χ1n) is 5.37. The van der Waals surface area contributed by atoms with Crippen molar-refractivity contribution in [2.24, 2.45) is 0 Å². The molecule has 4 heteroatoms. The van der Waals surface area contributed by atoms with E-state index < -0.39 is 17.5 Å². The van der Waals surface area contributed by atoms with Gasteiger partial charge in [-0.1, -0.05) is 26.2 Å². The summed E-state index contributed by atoms with van der Waals surface area (Å²) >= 11 is 0. The van der Waals surface area contributed by atoms with Crippen molar-refractivity contribution in [1.82, 2.24) is 0 Å². The van der Waals surface area contributed by atoms with Crippen LogP contribution >= 0.6 is 0 Å². The maximum absolute atomic E-state index is 11.2. The summed E-state index contributed by atoms with van der Waals surface area (Å²) in [6, 6.07) is 0. The Morgan fingerprint density at radius 3 is 2.20 bits per heavy atom. The topological polar surface area (TPSA) is 60.4 Å². The van der Waals surface area contributed by atoms with Crippen LogP contribution < -0.4 is 0 Å². The lowest BCUT2D eigenvalue weighted by atomic mass is 10.1. The Morgan fingerprint density at radius 2 is 1.67 bits per heavy atom. The number of Topliss-reactive ketones (excluding diaryl/α,β-unsaturated/α-hetero) is 2. The number of carbonyl (C=O) groups is 3. The third-order valence-corrected chi connectivity index (χ3v) is 1.97. The van der Waals surface area contributed by atoms with E-state index in [4.69, 9.17) is 0 Å². The van der Waals surface area contributed by atoms with E-state index in [-0.39, 0.29) is 13.0 Å². The number of rotatable bonds is 8. The van der Waals surface area contributed by atoms with Gasteiger partial charge in [-0.3, -0.25) is 9.59 Å². The number of ether oxygens (including phenoxy) is 1. The van der Waals surface area contributed by atoms with Gasteiger partial charge in [0.15, 0.2) is 0 Å². The molecule has 0 aromatic carbocycles. The van der Waals surface area contributed by atoms with Crippen LogP contribution in [0.3, 0.4) is 0 Å². The van der Waals surface area contributed by atoms with Gasteiger partial charge in [-0.15, -0.1) is 0 Å². The molecule has 0 N–H and O–H groups in total. The highest BCUT2D eigenvalue weighted by atomic mass is 16.5. The zero-order chi connectivity index (χ0) is 11.7. The largest absolute Gasteiger partial charge is 0.460 e. The van der Waals surface area contributed by atoms with Gasteiger partial charge >= 0.3 is 11.8 Å². The minimum Gasteiger partial charge on any atom is -0.460 e. The van der Waals surface area contributed by atoms with E-state index in [1.165, 1.54) is 0 Å². The summed E-state index contributed by atoms with van der Waals surface area (Å²) in [7, 11) is 0. The van der Waals surface area contributed by atoms with Crippen molar-refractivity contribution >= 4 is 17.5 Å². The number of hydrogen-bond donors (Lipinski definition) is 0. The average Bonchev–Trinajstić information content (AvgIpc) is 2.23. The van der Waals surface area contributed by atoms with Crippen LogP contribution in [0.2, 0.25) is 0 Å². The lowest BCUT2D eigenvalue weighted by molar-refractivity contribution is -0.156. The molecule has 0 aliphatic heterocycles. The Bertz CT molecular complexity index is 233. The van der Waals surface area contributed by atoms with Gasteiger partial charge in [0.1, 0.15) is 0 Å². The SMILES string of the molecule is CCCCCCC(=O)C(=O)C(=O)OCC. The minimum atomic E-state index is -1.03. The Morgan fingerprint density at radius 1 is 1.00 bits per heavy atom. The third kappa shape index (κ3) is 5.99. The molecule has 0 fully saturated rings. The summed E-state index contributed by atoms with van der Waals surface area (Å²) in [5.74, 6) is -2.68. The van der Waals surface area contributed by atoms with E-state index >= 15 is 0 Å². The Kier molecular flexibility index (Phi) is 7.50. The first-order chi connectivity index (χ1) is 7.13. The number of hydrogen-bond acceptors (Lipinski definition) is 4. The second kappa shape index (κ2) is 8.15. The fraction of sp³-hybridized carbons (Fsp3) is 0.727. The molecule has 0 spiro atoms. The molecule has 86 valence electrons. The molecule has 4 nitrogen and oxygen atoms in total. The van der Waals surface area contributed by atoms with E-state index in [0.29, 0.717) is 6.42 Å². The predicted octanol–water partition coefficient (Wildman–Crippen LogP) is 1.66. The van der Waals surface area contributed by atoms with E-state index in [1.54, 1.807) is 6.92 Å². The van der Waals surface area contributed by atoms with Crippen LogP contribution in [0.4, 0.5) is 0 Å². The van der Waals surface area contributed by atoms with Crippen molar-refractivity contribution in [3.05, 3.63) is 0 Å². The van der Waals surface area contributed by atoms with Gasteiger partial charge in [0.25, 0.3) is 0 Å². The fourth-order valence-corrected chi connectivity index (χ4v) is 1.14. The molecule has 0 saturated heterocycles. The lowest BCUT2D eigenvalue weighted by Crippen LogP contribution is -2.25. The quantitative estimate of drug-likeness (QED) is 0.267. The van der Waals surface area contributed by atoms with Crippen LogP contribution in [-0.4, -0.2) is 24.1 Å². The van der Waals surface area contributed by atoms with Crippen molar-refractivity contribution in [3.8, 4) is 0 Å². The first-order valence-corrected chi connectivity index (χ1v) is 5.37. The fourth-order valence-electron chi connectivity index (χ4n) is 1.14. The van der Waals surface area contributed by atoms with Gasteiger partial charge in [-0.05, 0) is 13.3 Å². The zero-order valence-corrected chi connectivity index (χ0v) is 9.38. The highest BCUT2D eigenvalue weighted by Gasteiger charge is 2.22. The van der Waals surface area contributed by atoms with Crippen molar-refractivity contribution < 1.29 is 19.1 Å². The standard InChI is InChI=1S/C11H18O4/c1-3-5-6-7-8-9(12)10(13)11(14)15-4-2/h3-8H2,1-2H3. The summed E-state index contributed by atoms with van der Waals surface area (Å²) in [4.78, 5) is 33.1. The molecule has 0 aliphatic carbocycles. The van der Waals surface area contributed by atoms with Crippen molar-refractivity contribution in [2.45, 2.75) is 46.0 Å². The molecule has 0 atom stereocenters. The summed E-state index contributed by atoms with van der Waals surface area (Å²) in [6.45, 7) is 3.77. The third-order valence-electron chi connectivity index (χ3n) is 1.97. The van der Waals surface area contributed by atoms with Gasteiger partial charge in [-0.25, -0.2) is 4.79 Å². The van der Waals surface area contributed by atoms with E-state index in [0.717, 1.165) is 19.3 Å². The maximum atomic E-state index is 11.2. The van der Waals surface area contributed by atoms with Crippen LogP contribution in [-0.2, 0) is 19.1 Å². The summed E-state index contributed by atoms with van der Waals surface area (Å²) in [5.41, 5.74) is 0. The highest BCUT2D eigenvalue weighted by molar-refractivity contribution is 6.62. The zero-order valence-electron chi connectivity index (χ0n) is 9.38. The van der Waals surface area contributed by atoms with E-state index in [9.17, 15) is 14.4 Å². The first kappa shape index (κ1) is 13.8. The second-order valence-electron chi connectivity index (χ2n) is 3.28. The smallest absolute Gasteiger partial charge is 0.382 e. The molecule has 0 radical (unpaired) electrons. The summed E-state index contributed by atoms with van der Waals surface area (Å²) in [6.07, 6.45) is 3.84. The normalized spacial score (nSPS) is 9.73. The van der Waals surface area contributed by atoms with Gasteiger partial charge in [0.05, 0.1) is 6.61 Å². The van der Waals surface area contributed by atoms with Crippen molar-refractivity contribution in [1.29, 1.82) is 0 Å².